The number of hydrogen-bond donors (Lipinski definition) is 0. The number of benzene rings is 2. The number of aromatic nitrogens is 1. The molecule has 5 nitrogen and oxygen atoms in total. The van der Waals surface area contributed by atoms with Crippen molar-refractivity contribution in [2.45, 2.75) is 13.5 Å². The van der Waals surface area contributed by atoms with Gasteiger partial charge in [0.05, 0.1) is 10.6 Å². The van der Waals surface area contributed by atoms with Crippen LogP contribution in [0.25, 0.3) is 10.9 Å². The molecule has 0 atom stereocenters. The summed E-state index contributed by atoms with van der Waals surface area (Å²) in [6, 6.07) is 13.0. The van der Waals surface area contributed by atoms with Crippen LogP contribution in [0.2, 0.25) is 5.02 Å². The predicted molar refractivity (Wildman–Crippen MR) is 116 cm³/mol. The molecular formula is C23H24ClN3O2. The van der Waals surface area contributed by atoms with E-state index in [1.807, 2.05) is 37.3 Å². The molecule has 0 N–H and O–H groups in total. The SMILES string of the molecule is Cc1ccc(C(=O)Oc2c(CN3CCN(C)CC3)cc(Cl)c3cccnc23)cc1. The Hall–Kier alpha value is -2.47. The van der Waals surface area contributed by atoms with Gasteiger partial charge in [0.15, 0.2) is 5.75 Å². The van der Waals surface area contributed by atoms with Gasteiger partial charge in [-0.05, 0) is 44.3 Å². The van der Waals surface area contributed by atoms with E-state index in [1.165, 1.54) is 0 Å². The highest BCUT2D eigenvalue weighted by atomic mass is 35.5. The smallest absolute Gasteiger partial charge is 0.343 e. The number of ether oxygens (including phenoxy) is 1. The number of piperazine rings is 1. The molecule has 1 fully saturated rings. The third kappa shape index (κ3) is 4.42. The largest absolute Gasteiger partial charge is 0.420 e. The topological polar surface area (TPSA) is 45.7 Å². The number of likely N-dealkylation sites (N-methyl/N-ethyl adjacent to an activating group) is 1. The maximum absolute atomic E-state index is 12.8. The van der Waals surface area contributed by atoms with Crippen molar-refractivity contribution in [2.75, 3.05) is 33.2 Å². The second kappa shape index (κ2) is 8.49. The fourth-order valence-electron chi connectivity index (χ4n) is 3.55. The van der Waals surface area contributed by atoms with E-state index >= 15 is 0 Å². The highest BCUT2D eigenvalue weighted by Gasteiger charge is 2.21. The van der Waals surface area contributed by atoms with E-state index in [1.54, 1.807) is 18.3 Å². The molecule has 1 aliphatic heterocycles. The highest BCUT2D eigenvalue weighted by molar-refractivity contribution is 6.35. The van der Waals surface area contributed by atoms with E-state index in [2.05, 4.69) is 21.8 Å². The number of halogens is 1. The maximum Gasteiger partial charge on any atom is 0.343 e. The third-order valence-corrected chi connectivity index (χ3v) is 5.66. The normalized spacial score (nSPS) is 15.6. The van der Waals surface area contributed by atoms with E-state index in [-0.39, 0.29) is 5.97 Å². The van der Waals surface area contributed by atoms with Gasteiger partial charge < -0.3 is 9.64 Å². The minimum atomic E-state index is -0.390. The molecule has 0 aliphatic carbocycles. The molecule has 29 heavy (non-hydrogen) atoms. The number of esters is 1. The Bertz CT molecular complexity index is 1030. The molecule has 0 radical (unpaired) electrons. The molecule has 0 unspecified atom stereocenters. The molecule has 3 aromatic rings. The lowest BCUT2D eigenvalue weighted by Gasteiger charge is -2.32. The van der Waals surface area contributed by atoms with E-state index < -0.39 is 0 Å². The fourth-order valence-corrected chi connectivity index (χ4v) is 3.83. The molecule has 0 spiro atoms. The minimum Gasteiger partial charge on any atom is -0.420 e. The number of carbonyl (C=O) groups excluding carboxylic acids is 1. The molecule has 2 heterocycles. The number of fused-ring (bicyclic) bond motifs is 1. The van der Waals surface area contributed by atoms with E-state index in [4.69, 9.17) is 16.3 Å². The van der Waals surface area contributed by atoms with Crippen molar-refractivity contribution in [3.63, 3.8) is 0 Å². The standard InChI is InChI=1S/C23H24ClN3O2/c1-16-5-7-17(8-6-16)23(28)29-22-18(15-27-12-10-26(2)11-13-27)14-20(24)19-4-3-9-25-21(19)22/h3-9,14H,10-13,15H2,1-2H3. The van der Waals surface area contributed by atoms with E-state index in [0.717, 1.165) is 42.7 Å². The molecular weight excluding hydrogens is 386 g/mol. The molecule has 0 saturated carbocycles. The molecule has 4 rings (SSSR count). The van der Waals surface area contributed by atoms with Gasteiger partial charge >= 0.3 is 5.97 Å². The minimum absolute atomic E-state index is 0.390. The second-order valence-corrected chi connectivity index (χ2v) is 7.99. The van der Waals surface area contributed by atoms with E-state index in [0.29, 0.717) is 28.4 Å². The molecule has 0 amide bonds. The van der Waals surface area contributed by atoms with Crippen LogP contribution in [0.5, 0.6) is 5.75 Å². The first-order valence-electron chi connectivity index (χ1n) is 9.77. The Balaban J connectivity index is 1.70. The zero-order chi connectivity index (χ0) is 20.4. The zero-order valence-corrected chi connectivity index (χ0v) is 17.4. The molecule has 1 saturated heterocycles. The molecule has 6 heteroatoms. The number of hydrogen-bond acceptors (Lipinski definition) is 5. The van der Waals surface area contributed by atoms with Crippen molar-refractivity contribution in [3.05, 3.63) is 70.4 Å². The van der Waals surface area contributed by atoms with Crippen molar-refractivity contribution in [2.24, 2.45) is 0 Å². The van der Waals surface area contributed by atoms with Gasteiger partial charge in [-0.2, -0.15) is 0 Å². The summed E-state index contributed by atoms with van der Waals surface area (Å²) in [6.07, 6.45) is 1.70. The molecule has 1 aliphatic rings. The first-order chi connectivity index (χ1) is 14.0. The average molecular weight is 410 g/mol. The average Bonchev–Trinajstić information content (AvgIpc) is 2.73. The van der Waals surface area contributed by atoms with Crippen LogP contribution in [0.1, 0.15) is 21.5 Å². The van der Waals surface area contributed by atoms with Gasteiger partial charge in [-0.15, -0.1) is 0 Å². The highest BCUT2D eigenvalue weighted by Crippen LogP contribution is 2.35. The van der Waals surface area contributed by atoms with Crippen molar-refractivity contribution < 1.29 is 9.53 Å². The number of nitrogens with zero attached hydrogens (tertiary/aromatic N) is 3. The lowest BCUT2D eigenvalue weighted by Crippen LogP contribution is -2.43. The first-order valence-corrected chi connectivity index (χ1v) is 10.1. The van der Waals surface area contributed by atoms with Crippen molar-refractivity contribution in [1.29, 1.82) is 0 Å². The zero-order valence-electron chi connectivity index (χ0n) is 16.7. The third-order valence-electron chi connectivity index (χ3n) is 5.34. The summed E-state index contributed by atoms with van der Waals surface area (Å²) < 4.78 is 5.91. The lowest BCUT2D eigenvalue weighted by molar-refractivity contribution is 0.0732. The van der Waals surface area contributed by atoms with Crippen LogP contribution in [0.15, 0.2) is 48.7 Å². The van der Waals surface area contributed by atoms with Crippen molar-refractivity contribution in [3.8, 4) is 5.75 Å². The number of pyridine rings is 1. The predicted octanol–water partition coefficient (Wildman–Crippen LogP) is 4.16. The van der Waals surface area contributed by atoms with Gasteiger partial charge in [0, 0.05) is 49.9 Å². The number of carbonyl (C=O) groups is 1. The van der Waals surface area contributed by atoms with Crippen LogP contribution in [-0.4, -0.2) is 54.0 Å². The van der Waals surface area contributed by atoms with Crippen LogP contribution in [0, 0.1) is 6.92 Å². The van der Waals surface area contributed by atoms with E-state index in [9.17, 15) is 4.79 Å². The summed E-state index contributed by atoms with van der Waals surface area (Å²) in [7, 11) is 2.13. The molecule has 150 valence electrons. The van der Waals surface area contributed by atoms with Crippen LogP contribution in [-0.2, 0) is 6.54 Å². The molecule has 2 aromatic carbocycles. The summed E-state index contributed by atoms with van der Waals surface area (Å²) in [5.74, 6) is 0.105. The maximum atomic E-state index is 12.8. The van der Waals surface area contributed by atoms with Gasteiger partial charge in [0.1, 0.15) is 5.52 Å². The first kappa shape index (κ1) is 19.8. The second-order valence-electron chi connectivity index (χ2n) is 7.58. The fraction of sp³-hybridized carbons (Fsp3) is 0.304. The van der Waals surface area contributed by atoms with Crippen LogP contribution < -0.4 is 4.74 Å². The Morgan fingerprint density at radius 2 is 1.86 bits per heavy atom. The summed E-state index contributed by atoms with van der Waals surface area (Å²) in [5, 5.41) is 1.40. The van der Waals surface area contributed by atoms with Crippen LogP contribution >= 0.6 is 11.6 Å². The summed E-state index contributed by atoms with van der Waals surface area (Å²) in [4.78, 5) is 22.0. The Morgan fingerprint density at radius 3 is 2.59 bits per heavy atom. The van der Waals surface area contributed by atoms with Gasteiger partial charge in [0.25, 0.3) is 0 Å². The number of rotatable bonds is 4. The van der Waals surface area contributed by atoms with Gasteiger partial charge in [-0.25, -0.2) is 4.79 Å². The summed E-state index contributed by atoms with van der Waals surface area (Å²) >= 11 is 6.54. The van der Waals surface area contributed by atoms with Gasteiger partial charge in [-0.3, -0.25) is 9.88 Å². The summed E-state index contributed by atoms with van der Waals surface area (Å²) in [6.45, 7) is 6.59. The molecule has 1 aromatic heterocycles. The van der Waals surface area contributed by atoms with Crippen LogP contribution in [0.3, 0.4) is 0 Å². The summed E-state index contributed by atoms with van der Waals surface area (Å²) in [5.41, 5.74) is 3.10. The Labute approximate surface area is 175 Å². The van der Waals surface area contributed by atoms with Crippen molar-refractivity contribution >= 4 is 28.5 Å². The van der Waals surface area contributed by atoms with Gasteiger partial charge in [0.2, 0.25) is 0 Å². The Kier molecular flexibility index (Phi) is 5.81. The monoisotopic (exact) mass is 409 g/mol. The molecule has 0 bridgehead atoms. The van der Waals surface area contributed by atoms with Gasteiger partial charge in [-0.1, -0.05) is 29.3 Å². The van der Waals surface area contributed by atoms with Crippen molar-refractivity contribution in [1.82, 2.24) is 14.8 Å². The quantitative estimate of drug-likeness (QED) is 0.478. The van der Waals surface area contributed by atoms with Crippen LogP contribution in [0.4, 0.5) is 0 Å². The lowest BCUT2D eigenvalue weighted by atomic mass is 10.1. The Morgan fingerprint density at radius 1 is 1.14 bits per heavy atom. The number of aryl methyl sites for hydroxylation is 1.